The fraction of sp³-hybridized carbons (Fsp3) is 0.273. The second kappa shape index (κ2) is 9.45. The Hall–Kier alpha value is -1.64. The van der Waals surface area contributed by atoms with Crippen molar-refractivity contribution in [3.05, 3.63) is 37.0 Å². The monoisotopic (exact) mass is 195 g/mol. The van der Waals surface area contributed by atoms with E-state index in [1.807, 2.05) is 13.8 Å². The van der Waals surface area contributed by atoms with Crippen LogP contribution in [0.4, 0.5) is 0 Å². The van der Waals surface area contributed by atoms with Gasteiger partial charge in [-0.05, 0) is 6.92 Å². The maximum absolute atomic E-state index is 11.2. The Balaban J connectivity index is 0. The van der Waals surface area contributed by atoms with E-state index in [9.17, 15) is 4.79 Å². The summed E-state index contributed by atoms with van der Waals surface area (Å²) in [7, 11) is 0. The second-order valence-corrected chi connectivity index (χ2v) is 2.08. The molecule has 0 aliphatic rings. The van der Waals surface area contributed by atoms with Crippen molar-refractivity contribution in [2.24, 2.45) is 5.16 Å². The standard InChI is InChI=1S/C9H11NO2.C2H6/c1-4-6-8(5-2)9(11)7(3)10-12;1-2/h4-6,12H,1-2H2,3H3;1-2H3/b8-6+,10-7-;. The lowest BCUT2D eigenvalue weighted by atomic mass is 10.1. The van der Waals surface area contributed by atoms with E-state index >= 15 is 0 Å². The van der Waals surface area contributed by atoms with Crippen molar-refractivity contribution in [1.82, 2.24) is 0 Å². The summed E-state index contributed by atoms with van der Waals surface area (Å²) in [5.74, 6) is -0.354. The van der Waals surface area contributed by atoms with Gasteiger partial charge in [-0.1, -0.05) is 50.4 Å². The molecule has 14 heavy (non-hydrogen) atoms. The zero-order valence-electron chi connectivity index (χ0n) is 8.95. The molecule has 0 aromatic rings. The molecule has 0 spiro atoms. The predicted octanol–water partition coefficient (Wildman–Crippen LogP) is 2.73. The lowest BCUT2D eigenvalue weighted by Gasteiger charge is -1.96. The van der Waals surface area contributed by atoms with E-state index in [0.29, 0.717) is 5.57 Å². The number of rotatable bonds is 4. The molecule has 3 nitrogen and oxygen atoms in total. The first-order valence-electron chi connectivity index (χ1n) is 4.35. The molecule has 78 valence electrons. The van der Waals surface area contributed by atoms with Gasteiger partial charge in [-0.2, -0.15) is 0 Å². The van der Waals surface area contributed by atoms with E-state index in [0.717, 1.165) is 0 Å². The minimum absolute atomic E-state index is 0.0306. The summed E-state index contributed by atoms with van der Waals surface area (Å²) >= 11 is 0. The van der Waals surface area contributed by atoms with Crippen LogP contribution in [0.3, 0.4) is 0 Å². The summed E-state index contributed by atoms with van der Waals surface area (Å²) in [5, 5.41) is 11.1. The molecule has 0 heterocycles. The van der Waals surface area contributed by atoms with Crippen molar-refractivity contribution in [1.29, 1.82) is 0 Å². The van der Waals surface area contributed by atoms with E-state index < -0.39 is 0 Å². The Labute approximate surface area is 85.1 Å². The van der Waals surface area contributed by atoms with Crippen LogP contribution in [-0.2, 0) is 4.79 Å². The molecule has 0 bridgehead atoms. The highest BCUT2D eigenvalue weighted by atomic mass is 16.4. The quantitative estimate of drug-likeness (QED) is 0.246. The highest BCUT2D eigenvalue weighted by Crippen LogP contribution is 1.99. The highest BCUT2D eigenvalue weighted by molar-refractivity contribution is 6.45. The maximum atomic E-state index is 11.2. The molecule has 0 atom stereocenters. The average Bonchev–Trinajstić information content (AvgIpc) is 2.26. The summed E-state index contributed by atoms with van der Waals surface area (Å²) in [6.45, 7) is 12.3. The fourth-order valence-corrected chi connectivity index (χ4v) is 0.618. The van der Waals surface area contributed by atoms with E-state index in [4.69, 9.17) is 5.21 Å². The number of hydrogen-bond acceptors (Lipinski definition) is 3. The van der Waals surface area contributed by atoms with Crippen LogP contribution in [0.2, 0.25) is 0 Å². The zero-order valence-corrected chi connectivity index (χ0v) is 8.95. The fourth-order valence-electron chi connectivity index (χ4n) is 0.618. The normalized spacial score (nSPS) is 11.1. The Kier molecular flexibility index (Phi) is 10.0. The van der Waals surface area contributed by atoms with Crippen molar-refractivity contribution in [2.45, 2.75) is 20.8 Å². The summed E-state index contributed by atoms with van der Waals surface area (Å²) in [5.41, 5.74) is 0.392. The minimum atomic E-state index is -0.354. The molecular formula is C11H17NO2. The Bertz CT molecular complexity index is 262. The van der Waals surface area contributed by atoms with Gasteiger partial charge < -0.3 is 5.21 Å². The number of carbonyl (C=O) groups is 1. The molecule has 0 radical (unpaired) electrons. The number of hydrogen-bond donors (Lipinski definition) is 1. The second-order valence-electron chi connectivity index (χ2n) is 2.08. The number of nitrogens with zero attached hydrogens (tertiary/aromatic N) is 1. The van der Waals surface area contributed by atoms with Gasteiger partial charge in [-0.3, -0.25) is 4.79 Å². The molecule has 3 heteroatoms. The molecule has 0 saturated carbocycles. The first kappa shape index (κ1) is 14.9. The Morgan fingerprint density at radius 3 is 2.14 bits per heavy atom. The molecule has 0 aromatic carbocycles. The van der Waals surface area contributed by atoms with Crippen LogP contribution in [0.5, 0.6) is 0 Å². The van der Waals surface area contributed by atoms with Crippen LogP contribution in [0.15, 0.2) is 42.1 Å². The van der Waals surface area contributed by atoms with Gasteiger partial charge in [-0.25, -0.2) is 0 Å². The van der Waals surface area contributed by atoms with Crippen molar-refractivity contribution >= 4 is 11.5 Å². The van der Waals surface area contributed by atoms with Crippen LogP contribution in [0, 0.1) is 0 Å². The zero-order chi connectivity index (χ0) is 11.6. The third kappa shape index (κ3) is 5.09. The number of Topliss-reactive ketones (excluding diaryl/α,β-unsaturated/α-hetero) is 1. The number of ketones is 1. The van der Waals surface area contributed by atoms with Crippen LogP contribution in [-0.4, -0.2) is 16.7 Å². The third-order valence-electron chi connectivity index (χ3n) is 1.26. The molecule has 0 aliphatic carbocycles. The Morgan fingerprint density at radius 2 is 1.86 bits per heavy atom. The average molecular weight is 195 g/mol. The van der Waals surface area contributed by atoms with Gasteiger partial charge in [0.05, 0.1) is 0 Å². The minimum Gasteiger partial charge on any atom is -0.411 e. The maximum Gasteiger partial charge on any atom is 0.210 e. The smallest absolute Gasteiger partial charge is 0.210 e. The largest absolute Gasteiger partial charge is 0.411 e. The van der Waals surface area contributed by atoms with Crippen LogP contribution >= 0.6 is 0 Å². The van der Waals surface area contributed by atoms with Gasteiger partial charge in [0, 0.05) is 5.57 Å². The lowest BCUT2D eigenvalue weighted by Crippen LogP contribution is -2.11. The lowest BCUT2D eigenvalue weighted by molar-refractivity contribution is -0.109. The van der Waals surface area contributed by atoms with Gasteiger partial charge >= 0.3 is 0 Å². The van der Waals surface area contributed by atoms with Crippen LogP contribution in [0.1, 0.15) is 20.8 Å². The number of oxime groups is 1. The highest BCUT2D eigenvalue weighted by Gasteiger charge is 2.08. The molecule has 0 unspecified atom stereocenters. The summed E-state index contributed by atoms with van der Waals surface area (Å²) in [6, 6.07) is 0. The van der Waals surface area contributed by atoms with E-state index in [-0.39, 0.29) is 11.5 Å². The first-order chi connectivity index (χ1) is 6.67. The van der Waals surface area contributed by atoms with Crippen LogP contribution in [0.25, 0.3) is 0 Å². The van der Waals surface area contributed by atoms with Gasteiger partial charge in [0.2, 0.25) is 5.78 Å². The van der Waals surface area contributed by atoms with Crippen molar-refractivity contribution in [3.8, 4) is 0 Å². The summed E-state index contributed by atoms with van der Waals surface area (Å²) in [6.07, 6.45) is 4.36. The van der Waals surface area contributed by atoms with Gasteiger partial charge in [-0.15, -0.1) is 0 Å². The first-order valence-corrected chi connectivity index (χ1v) is 4.35. The molecule has 1 N–H and O–H groups in total. The van der Waals surface area contributed by atoms with Crippen molar-refractivity contribution in [2.75, 3.05) is 0 Å². The molecule has 0 rings (SSSR count). The van der Waals surface area contributed by atoms with Gasteiger partial charge in [0.25, 0.3) is 0 Å². The van der Waals surface area contributed by atoms with E-state index in [2.05, 4.69) is 18.3 Å². The van der Waals surface area contributed by atoms with Crippen molar-refractivity contribution < 1.29 is 10.0 Å². The molecule has 0 amide bonds. The van der Waals surface area contributed by atoms with Crippen molar-refractivity contribution in [3.63, 3.8) is 0 Å². The SMILES string of the molecule is C=C/C=C(\C=C)C(=O)/C(C)=N\O.CC. The van der Waals surface area contributed by atoms with Crippen LogP contribution < -0.4 is 0 Å². The molecule has 0 aliphatic heterocycles. The third-order valence-corrected chi connectivity index (χ3v) is 1.26. The molecular weight excluding hydrogens is 178 g/mol. The van der Waals surface area contributed by atoms with Gasteiger partial charge in [0.15, 0.2) is 0 Å². The number of allylic oxidation sites excluding steroid dienone is 4. The summed E-state index contributed by atoms with van der Waals surface area (Å²) < 4.78 is 0. The molecule has 0 fully saturated rings. The molecule has 0 aromatic heterocycles. The molecule has 0 saturated heterocycles. The van der Waals surface area contributed by atoms with E-state index in [1.165, 1.54) is 25.2 Å². The van der Waals surface area contributed by atoms with Gasteiger partial charge in [0.1, 0.15) is 5.71 Å². The number of carbonyl (C=O) groups excluding carboxylic acids is 1. The van der Waals surface area contributed by atoms with E-state index in [1.54, 1.807) is 0 Å². The Morgan fingerprint density at radius 1 is 1.36 bits per heavy atom. The topological polar surface area (TPSA) is 49.7 Å². The predicted molar refractivity (Wildman–Crippen MR) is 59.7 cm³/mol. The summed E-state index contributed by atoms with van der Waals surface area (Å²) in [4.78, 5) is 11.2.